The number of rotatable bonds is 7. The fourth-order valence-corrected chi connectivity index (χ4v) is 2.36. The van der Waals surface area contributed by atoms with Gasteiger partial charge in [0.05, 0.1) is 6.54 Å². The molecule has 0 spiro atoms. The van der Waals surface area contributed by atoms with E-state index in [1.54, 1.807) is 6.08 Å². The molecule has 0 aromatic carbocycles. The van der Waals surface area contributed by atoms with Crippen LogP contribution in [0.2, 0.25) is 0 Å². The third-order valence-corrected chi connectivity index (χ3v) is 3.50. The van der Waals surface area contributed by atoms with E-state index >= 15 is 0 Å². The minimum atomic E-state index is 0.0272. The zero-order valence-corrected chi connectivity index (χ0v) is 12.7. The molecule has 20 heavy (non-hydrogen) atoms. The van der Waals surface area contributed by atoms with Gasteiger partial charge < -0.3 is 10.6 Å². The molecule has 1 aliphatic rings. The fourth-order valence-electron chi connectivity index (χ4n) is 2.36. The maximum absolute atomic E-state index is 11.7. The number of likely N-dealkylation sites (tertiary alicyclic amines) is 1. The van der Waals surface area contributed by atoms with E-state index in [9.17, 15) is 9.59 Å². The molecule has 0 aromatic rings. The molecule has 2 amide bonds. The normalized spacial score (nSPS) is 19.6. The average molecular weight is 281 g/mol. The molecule has 1 rings (SSSR count). The van der Waals surface area contributed by atoms with Gasteiger partial charge in [-0.1, -0.05) is 19.9 Å². The number of hydrogen-bond acceptors (Lipinski definition) is 3. The molecule has 1 unspecified atom stereocenters. The Bertz CT molecular complexity index is 342. The molecular formula is C15H27N3O2. The molecule has 5 nitrogen and oxygen atoms in total. The molecule has 2 N–H and O–H groups in total. The lowest BCUT2D eigenvalue weighted by Crippen LogP contribution is -2.45. The van der Waals surface area contributed by atoms with E-state index in [-0.39, 0.29) is 17.7 Å². The van der Waals surface area contributed by atoms with Crippen LogP contribution in [0, 0.1) is 11.8 Å². The van der Waals surface area contributed by atoms with Gasteiger partial charge >= 0.3 is 0 Å². The summed E-state index contributed by atoms with van der Waals surface area (Å²) in [6.45, 7) is 10.9. The summed E-state index contributed by atoms with van der Waals surface area (Å²) in [4.78, 5) is 25.4. The number of hydrogen-bond donors (Lipinski definition) is 2. The van der Waals surface area contributed by atoms with Gasteiger partial charge in [0.15, 0.2) is 0 Å². The number of carbonyl (C=O) groups is 2. The first-order valence-electron chi connectivity index (χ1n) is 7.40. The number of nitrogens with zero attached hydrogens (tertiary/aromatic N) is 1. The zero-order chi connectivity index (χ0) is 15.0. The largest absolute Gasteiger partial charge is 0.356 e. The van der Waals surface area contributed by atoms with Crippen molar-refractivity contribution in [1.29, 1.82) is 0 Å². The summed E-state index contributed by atoms with van der Waals surface area (Å²) < 4.78 is 0. The first-order chi connectivity index (χ1) is 9.52. The zero-order valence-electron chi connectivity index (χ0n) is 12.7. The standard InChI is InChI=1S/C15H27N3O2/c1-4-7-16-14(19)11-18-8-5-6-13(10-18)9-17-15(20)12(2)3/h4,12-13H,1,5-11H2,2-3H3,(H,16,19)(H,17,20). The second-order valence-electron chi connectivity index (χ2n) is 5.74. The first kappa shape index (κ1) is 16.7. The van der Waals surface area contributed by atoms with Crippen LogP contribution in [0.25, 0.3) is 0 Å². The smallest absolute Gasteiger partial charge is 0.234 e. The van der Waals surface area contributed by atoms with Gasteiger partial charge in [0, 0.05) is 25.6 Å². The monoisotopic (exact) mass is 281 g/mol. The van der Waals surface area contributed by atoms with E-state index in [1.165, 1.54) is 0 Å². The minimum absolute atomic E-state index is 0.0272. The van der Waals surface area contributed by atoms with E-state index in [0.29, 0.717) is 25.6 Å². The van der Waals surface area contributed by atoms with Gasteiger partial charge in [-0.3, -0.25) is 14.5 Å². The Morgan fingerprint density at radius 2 is 2.15 bits per heavy atom. The van der Waals surface area contributed by atoms with Crippen molar-refractivity contribution in [3.8, 4) is 0 Å². The average Bonchev–Trinajstić information content (AvgIpc) is 2.42. The molecule has 1 heterocycles. The van der Waals surface area contributed by atoms with Crippen LogP contribution in [0.15, 0.2) is 12.7 Å². The van der Waals surface area contributed by atoms with E-state index in [1.807, 2.05) is 13.8 Å². The molecule has 0 radical (unpaired) electrons. The summed E-state index contributed by atoms with van der Waals surface area (Å²) in [5.74, 6) is 0.612. The van der Waals surface area contributed by atoms with Crippen LogP contribution in [0.1, 0.15) is 26.7 Å². The minimum Gasteiger partial charge on any atom is -0.356 e. The van der Waals surface area contributed by atoms with Crippen molar-refractivity contribution in [2.24, 2.45) is 11.8 Å². The van der Waals surface area contributed by atoms with Gasteiger partial charge in [0.25, 0.3) is 0 Å². The van der Waals surface area contributed by atoms with Crippen molar-refractivity contribution >= 4 is 11.8 Å². The van der Waals surface area contributed by atoms with E-state index < -0.39 is 0 Å². The highest BCUT2D eigenvalue weighted by atomic mass is 16.2. The lowest BCUT2D eigenvalue weighted by Gasteiger charge is -2.32. The van der Waals surface area contributed by atoms with Crippen LogP contribution >= 0.6 is 0 Å². The van der Waals surface area contributed by atoms with Gasteiger partial charge in [-0.05, 0) is 25.3 Å². The molecule has 1 fully saturated rings. The van der Waals surface area contributed by atoms with Crippen LogP contribution < -0.4 is 10.6 Å². The highest BCUT2D eigenvalue weighted by Gasteiger charge is 2.22. The van der Waals surface area contributed by atoms with E-state index in [0.717, 1.165) is 25.9 Å². The summed E-state index contributed by atoms with van der Waals surface area (Å²) in [5, 5.41) is 5.77. The van der Waals surface area contributed by atoms with Crippen LogP contribution in [0.4, 0.5) is 0 Å². The van der Waals surface area contributed by atoms with Crippen molar-refractivity contribution in [2.75, 3.05) is 32.7 Å². The van der Waals surface area contributed by atoms with E-state index in [4.69, 9.17) is 0 Å². The van der Waals surface area contributed by atoms with Crippen molar-refractivity contribution in [1.82, 2.24) is 15.5 Å². The Morgan fingerprint density at radius 1 is 1.40 bits per heavy atom. The summed E-state index contributed by atoms with van der Waals surface area (Å²) in [5.41, 5.74) is 0. The second kappa shape index (κ2) is 8.74. The van der Waals surface area contributed by atoms with Crippen molar-refractivity contribution in [3.05, 3.63) is 12.7 Å². The number of piperidine rings is 1. The molecular weight excluding hydrogens is 254 g/mol. The first-order valence-corrected chi connectivity index (χ1v) is 7.40. The molecule has 5 heteroatoms. The van der Waals surface area contributed by atoms with E-state index in [2.05, 4.69) is 22.1 Å². The van der Waals surface area contributed by atoms with Gasteiger partial charge in [-0.15, -0.1) is 6.58 Å². The highest BCUT2D eigenvalue weighted by molar-refractivity contribution is 5.78. The lowest BCUT2D eigenvalue weighted by molar-refractivity contribution is -0.125. The maximum Gasteiger partial charge on any atom is 0.234 e. The van der Waals surface area contributed by atoms with Gasteiger partial charge in [0.1, 0.15) is 0 Å². The lowest BCUT2D eigenvalue weighted by atomic mass is 9.97. The van der Waals surface area contributed by atoms with Gasteiger partial charge in [0.2, 0.25) is 11.8 Å². The number of amides is 2. The van der Waals surface area contributed by atoms with Crippen molar-refractivity contribution in [2.45, 2.75) is 26.7 Å². The predicted octanol–water partition coefficient (Wildman–Crippen LogP) is 0.773. The molecule has 1 atom stereocenters. The van der Waals surface area contributed by atoms with Crippen LogP contribution in [0.3, 0.4) is 0 Å². The molecule has 1 aliphatic heterocycles. The number of nitrogens with one attached hydrogen (secondary N) is 2. The highest BCUT2D eigenvalue weighted by Crippen LogP contribution is 2.15. The van der Waals surface area contributed by atoms with Crippen LogP contribution in [-0.2, 0) is 9.59 Å². The molecule has 0 saturated carbocycles. The molecule has 0 aliphatic carbocycles. The predicted molar refractivity (Wildman–Crippen MR) is 80.2 cm³/mol. The van der Waals surface area contributed by atoms with Crippen LogP contribution in [0.5, 0.6) is 0 Å². The van der Waals surface area contributed by atoms with Crippen molar-refractivity contribution in [3.63, 3.8) is 0 Å². The summed E-state index contributed by atoms with van der Waals surface area (Å²) in [7, 11) is 0. The summed E-state index contributed by atoms with van der Waals surface area (Å²) in [6, 6.07) is 0. The summed E-state index contributed by atoms with van der Waals surface area (Å²) in [6.07, 6.45) is 3.87. The SMILES string of the molecule is C=CCNC(=O)CN1CCCC(CNC(=O)C(C)C)C1. The molecule has 0 aromatic heterocycles. The number of carbonyl (C=O) groups excluding carboxylic acids is 2. The Labute approximate surface area is 121 Å². The van der Waals surface area contributed by atoms with Gasteiger partial charge in [-0.25, -0.2) is 0 Å². The fraction of sp³-hybridized carbons (Fsp3) is 0.733. The second-order valence-corrected chi connectivity index (χ2v) is 5.74. The van der Waals surface area contributed by atoms with Crippen LogP contribution in [-0.4, -0.2) is 49.4 Å². The van der Waals surface area contributed by atoms with Crippen molar-refractivity contribution < 1.29 is 9.59 Å². The third kappa shape index (κ3) is 6.19. The quantitative estimate of drug-likeness (QED) is 0.678. The molecule has 1 saturated heterocycles. The Kier molecular flexibility index (Phi) is 7.30. The topological polar surface area (TPSA) is 61.4 Å². The Balaban J connectivity index is 2.29. The Morgan fingerprint density at radius 3 is 2.80 bits per heavy atom. The molecule has 114 valence electrons. The third-order valence-electron chi connectivity index (χ3n) is 3.50. The van der Waals surface area contributed by atoms with Gasteiger partial charge in [-0.2, -0.15) is 0 Å². The maximum atomic E-state index is 11.7. The molecule has 0 bridgehead atoms. The Hall–Kier alpha value is -1.36. The summed E-state index contributed by atoms with van der Waals surface area (Å²) >= 11 is 0.